The molecule has 1 amide bonds. The molecule has 216 valence electrons. The van der Waals surface area contributed by atoms with E-state index < -0.39 is 23.9 Å². The highest BCUT2D eigenvalue weighted by molar-refractivity contribution is 6.18. The number of esters is 2. The highest BCUT2D eigenvalue weighted by Crippen LogP contribution is 2.25. The molecular weight excluding hydrogens is 567 g/mol. The van der Waals surface area contributed by atoms with E-state index >= 15 is 0 Å². The van der Waals surface area contributed by atoms with Gasteiger partial charge in [0.25, 0.3) is 0 Å². The number of halogens is 2. The van der Waals surface area contributed by atoms with Crippen molar-refractivity contribution in [2.75, 3.05) is 36.9 Å². The van der Waals surface area contributed by atoms with Gasteiger partial charge in [0.05, 0.1) is 30.9 Å². The van der Waals surface area contributed by atoms with Crippen LogP contribution in [-0.4, -0.2) is 65.8 Å². The van der Waals surface area contributed by atoms with Crippen molar-refractivity contribution >= 4 is 68.5 Å². The predicted molar refractivity (Wildman–Crippen MR) is 160 cm³/mol. The molecule has 11 heteroatoms. The van der Waals surface area contributed by atoms with Gasteiger partial charge in [-0.25, -0.2) is 4.79 Å². The first-order chi connectivity index (χ1) is 19.9. The third kappa shape index (κ3) is 8.11. The number of aromatic nitrogens is 2. The average molecular weight is 600 g/mol. The molecule has 0 unspecified atom stereocenters. The molecule has 41 heavy (non-hydrogen) atoms. The van der Waals surface area contributed by atoms with Gasteiger partial charge in [-0.15, -0.1) is 23.2 Å². The summed E-state index contributed by atoms with van der Waals surface area (Å²) in [5.41, 5.74) is 4.30. The van der Waals surface area contributed by atoms with Gasteiger partial charge in [0, 0.05) is 59.7 Å². The number of para-hydroxylation sites is 1. The van der Waals surface area contributed by atoms with Gasteiger partial charge >= 0.3 is 11.9 Å². The summed E-state index contributed by atoms with van der Waals surface area (Å²) < 4.78 is 10.2. The Kier molecular flexibility index (Phi) is 10.8. The van der Waals surface area contributed by atoms with Gasteiger partial charge in [-0.3, -0.25) is 14.6 Å². The number of nitrogens with zero attached hydrogens (tertiary/aromatic N) is 2. The van der Waals surface area contributed by atoms with Gasteiger partial charge in [0.2, 0.25) is 5.91 Å². The molecule has 0 aliphatic carbocycles. The number of methoxy groups -OCH3 is 1. The van der Waals surface area contributed by atoms with Crippen molar-refractivity contribution < 1.29 is 23.9 Å². The summed E-state index contributed by atoms with van der Waals surface area (Å²) in [5, 5.41) is 4.73. The smallest absolute Gasteiger partial charge is 0.328 e. The van der Waals surface area contributed by atoms with E-state index in [1.807, 2.05) is 54.6 Å². The first-order valence-corrected chi connectivity index (χ1v) is 14.3. The Labute approximate surface area is 248 Å². The summed E-state index contributed by atoms with van der Waals surface area (Å²) in [6.45, 7) is 1.31. The summed E-state index contributed by atoms with van der Waals surface area (Å²) in [6, 6.07) is 16.5. The Morgan fingerprint density at radius 3 is 2.41 bits per heavy atom. The fourth-order valence-electron chi connectivity index (χ4n) is 4.57. The Morgan fingerprint density at radius 1 is 0.976 bits per heavy atom. The molecule has 0 radical (unpaired) electrons. The molecule has 4 aromatic rings. The summed E-state index contributed by atoms with van der Waals surface area (Å²) in [4.78, 5) is 47.0. The second-order valence-corrected chi connectivity index (χ2v) is 10.2. The van der Waals surface area contributed by atoms with E-state index in [2.05, 4.69) is 20.2 Å². The minimum absolute atomic E-state index is 0.0100. The van der Waals surface area contributed by atoms with Gasteiger partial charge in [0.1, 0.15) is 12.6 Å². The monoisotopic (exact) mass is 598 g/mol. The van der Waals surface area contributed by atoms with Crippen LogP contribution in [0, 0.1) is 0 Å². The van der Waals surface area contributed by atoms with Crippen LogP contribution in [0.5, 0.6) is 0 Å². The number of hydrogen-bond donors (Lipinski definition) is 2. The number of anilines is 1. The Bertz CT molecular complexity index is 1490. The van der Waals surface area contributed by atoms with Crippen LogP contribution in [0.1, 0.15) is 24.1 Å². The second kappa shape index (κ2) is 14.7. The molecular formula is C30H32Cl2N4O5. The molecule has 9 nitrogen and oxygen atoms in total. The number of fused-ring (bicyclic) bond motifs is 3. The number of alkyl halides is 2. The van der Waals surface area contributed by atoms with Crippen LogP contribution in [0.25, 0.3) is 21.8 Å². The number of carbonyl (C=O) groups excluding carboxylic acids is 3. The van der Waals surface area contributed by atoms with Crippen LogP contribution in [0.3, 0.4) is 0 Å². The van der Waals surface area contributed by atoms with Gasteiger partial charge in [-0.05, 0) is 29.8 Å². The van der Waals surface area contributed by atoms with Crippen molar-refractivity contribution in [1.82, 2.24) is 15.3 Å². The molecule has 2 aromatic carbocycles. The van der Waals surface area contributed by atoms with Crippen molar-refractivity contribution in [2.24, 2.45) is 0 Å². The van der Waals surface area contributed by atoms with E-state index in [1.54, 1.807) is 6.20 Å². The fourth-order valence-corrected chi connectivity index (χ4v) is 4.98. The van der Waals surface area contributed by atoms with E-state index in [4.69, 9.17) is 32.7 Å². The molecule has 2 N–H and O–H groups in total. The zero-order valence-corrected chi connectivity index (χ0v) is 24.2. The van der Waals surface area contributed by atoms with Crippen LogP contribution >= 0.6 is 23.2 Å². The van der Waals surface area contributed by atoms with E-state index in [-0.39, 0.29) is 25.9 Å². The molecule has 0 fully saturated rings. The number of carbonyl (C=O) groups is 3. The number of aromatic amines is 1. The van der Waals surface area contributed by atoms with Crippen molar-refractivity contribution in [3.05, 3.63) is 72.1 Å². The maximum Gasteiger partial charge on any atom is 0.328 e. The van der Waals surface area contributed by atoms with Crippen molar-refractivity contribution in [2.45, 2.75) is 31.9 Å². The first-order valence-electron chi connectivity index (χ1n) is 13.3. The number of pyridine rings is 1. The molecule has 1 atom stereocenters. The normalized spacial score (nSPS) is 11.8. The van der Waals surface area contributed by atoms with Crippen LogP contribution in [0.15, 0.2) is 60.8 Å². The third-order valence-electron chi connectivity index (χ3n) is 6.66. The third-order valence-corrected chi connectivity index (χ3v) is 6.99. The van der Waals surface area contributed by atoms with Crippen LogP contribution < -0.4 is 10.2 Å². The molecule has 0 aliphatic heterocycles. The molecule has 2 heterocycles. The summed E-state index contributed by atoms with van der Waals surface area (Å²) in [5.74, 6) is -0.623. The van der Waals surface area contributed by atoms with Crippen LogP contribution in [0.2, 0.25) is 0 Å². The molecule has 2 aromatic heterocycles. The topological polar surface area (TPSA) is 114 Å². The molecule has 0 spiro atoms. The lowest BCUT2D eigenvalue weighted by Gasteiger charge is -2.23. The summed E-state index contributed by atoms with van der Waals surface area (Å²) in [6.07, 6.45) is 1.67. The lowest BCUT2D eigenvalue weighted by molar-refractivity contribution is -0.147. The molecule has 0 saturated carbocycles. The molecule has 0 bridgehead atoms. The Morgan fingerprint density at radius 2 is 1.71 bits per heavy atom. The molecule has 4 rings (SSSR count). The number of ether oxygens (including phenoxy) is 2. The highest BCUT2D eigenvalue weighted by atomic mass is 35.5. The number of nitrogens with one attached hydrogen (secondary N) is 2. The largest absolute Gasteiger partial charge is 0.467 e. The van der Waals surface area contributed by atoms with E-state index in [1.165, 1.54) is 7.11 Å². The lowest BCUT2D eigenvalue weighted by atomic mass is 10.0. The highest BCUT2D eigenvalue weighted by Gasteiger charge is 2.23. The maximum absolute atomic E-state index is 12.6. The lowest BCUT2D eigenvalue weighted by Crippen LogP contribution is -2.43. The fraction of sp³-hybridized carbons (Fsp3) is 0.333. The quantitative estimate of drug-likeness (QED) is 0.159. The SMILES string of the molecule is COC(=O)[C@H](Cc1ccc(N(CCCl)CCCl)cc1)NC(=O)CCC(=O)OCc1cc2c(cn1)[nH]c1ccccc12. The maximum atomic E-state index is 12.6. The number of H-pyrrole nitrogens is 1. The van der Waals surface area contributed by atoms with Crippen molar-refractivity contribution in [3.8, 4) is 0 Å². The minimum Gasteiger partial charge on any atom is -0.467 e. The Balaban J connectivity index is 1.28. The van der Waals surface area contributed by atoms with Crippen LogP contribution in [-0.2, 0) is 36.9 Å². The number of amides is 1. The van der Waals surface area contributed by atoms with Crippen LogP contribution in [0.4, 0.5) is 5.69 Å². The Hall–Kier alpha value is -3.82. The van der Waals surface area contributed by atoms with Gasteiger partial charge in [-0.1, -0.05) is 30.3 Å². The first kappa shape index (κ1) is 30.1. The van der Waals surface area contributed by atoms with Gasteiger partial charge < -0.3 is 24.7 Å². The average Bonchev–Trinajstić information content (AvgIpc) is 3.36. The van der Waals surface area contributed by atoms with E-state index in [9.17, 15) is 14.4 Å². The van der Waals surface area contributed by atoms with Crippen molar-refractivity contribution in [1.29, 1.82) is 0 Å². The molecule has 0 saturated heterocycles. The summed E-state index contributed by atoms with van der Waals surface area (Å²) in [7, 11) is 1.26. The number of benzene rings is 2. The number of hydrogen-bond acceptors (Lipinski definition) is 7. The predicted octanol–water partition coefficient (Wildman–Crippen LogP) is 4.72. The number of rotatable bonds is 14. The van der Waals surface area contributed by atoms with Crippen molar-refractivity contribution in [3.63, 3.8) is 0 Å². The molecule has 0 aliphatic rings. The second-order valence-electron chi connectivity index (χ2n) is 9.43. The van der Waals surface area contributed by atoms with E-state index in [0.29, 0.717) is 30.5 Å². The standard InChI is InChI=1S/C30H32Cl2N4O5/c1-40-30(39)26(16-20-6-8-22(9-7-20)36(14-12-31)15-13-32)35-28(37)10-11-29(38)41-19-21-17-24-23-4-2-3-5-25(23)34-27(24)18-33-21/h2-9,17-18,26,34H,10-16,19H2,1H3,(H,35,37)/t26-/m0/s1. The van der Waals surface area contributed by atoms with E-state index in [0.717, 1.165) is 33.1 Å². The zero-order valence-electron chi connectivity index (χ0n) is 22.7. The van der Waals surface area contributed by atoms with Gasteiger partial charge in [0.15, 0.2) is 0 Å². The summed E-state index contributed by atoms with van der Waals surface area (Å²) >= 11 is 11.8. The zero-order chi connectivity index (χ0) is 29.2. The van der Waals surface area contributed by atoms with Gasteiger partial charge in [-0.2, -0.15) is 0 Å². The minimum atomic E-state index is -0.900.